The minimum absolute atomic E-state index is 0.0654. The Morgan fingerprint density at radius 3 is 2.77 bits per heavy atom. The summed E-state index contributed by atoms with van der Waals surface area (Å²) in [5.41, 5.74) is 8.93. The Labute approximate surface area is 133 Å². The molecule has 3 nitrogen and oxygen atoms in total. The summed E-state index contributed by atoms with van der Waals surface area (Å²) in [5.74, 6) is 0.678. The zero-order valence-corrected chi connectivity index (χ0v) is 13.4. The van der Waals surface area contributed by atoms with Crippen molar-refractivity contribution in [2.45, 2.75) is 57.3 Å². The van der Waals surface area contributed by atoms with E-state index in [0.29, 0.717) is 18.9 Å². The van der Waals surface area contributed by atoms with Gasteiger partial charge in [-0.1, -0.05) is 43.5 Å². The fourth-order valence-electron chi connectivity index (χ4n) is 4.25. The summed E-state index contributed by atoms with van der Waals surface area (Å²) in [7, 11) is 0. The smallest absolute Gasteiger partial charge is 0.220 e. The second kappa shape index (κ2) is 6.82. The average Bonchev–Trinajstić information content (AvgIpc) is 2.97. The Kier molecular flexibility index (Phi) is 4.82. The average molecular weight is 300 g/mol. The Morgan fingerprint density at radius 1 is 1.23 bits per heavy atom. The van der Waals surface area contributed by atoms with Crippen molar-refractivity contribution in [3.63, 3.8) is 0 Å². The topological polar surface area (TPSA) is 55.1 Å². The summed E-state index contributed by atoms with van der Waals surface area (Å²) in [6, 6.07) is 8.63. The van der Waals surface area contributed by atoms with Crippen LogP contribution in [-0.4, -0.2) is 19.0 Å². The summed E-state index contributed by atoms with van der Waals surface area (Å²) < 4.78 is 0. The number of nitrogens with one attached hydrogen (secondary N) is 1. The maximum absolute atomic E-state index is 12.4. The van der Waals surface area contributed by atoms with Crippen LogP contribution >= 0.6 is 0 Å². The molecule has 0 aliphatic heterocycles. The van der Waals surface area contributed by atoms with Gasteiger partial charge in [-0.3, -0.25) is 4.79 Å². The molecule has 1 amide bonds. The van der Waals surface area contributed by atoms with Crippen LogP contribution in [0.5, 0.6) is 0 Å². The van der Waals surface area contributed by atoms with Crippen LogP contribution in [0.2, 0.25) is 0 Å². The number of amides is 1. The van der Waals surface area contributed by atoms with Gasteiger partial charge in [0.25, 0.3) is 0 Å². The summed E-state index contributed by atoms with van der Waals surface area (Å²) in [5, 5.41) is 3.18. The van der Waals surface area contributed by atoms with Crippen molar-refractivity contribution in [1.29, 1.82) is 0 Å². The molecule has 120 valence electrons. The maximum atomic E-state index is 12.4. The Bertz CT molecular complexity index is 520. The van der Waals surface area contributed by atoms with Crippen molar-refractivity contribution in [3.8, 4) is 0 Å². The van der Waals surface area contributed by atoms with E-state index in [1.54, 1.807) is 0 Å². The van der Waals surface area contributed by atoms with Crippen LogP contribution in [0.25, 0.3) is 0 Å². The number of hydrogen-bond donors (Lipinski definition) is 2. The zero-order chi connectivity index (χ0) is 15.4. The molecule has 22 heavy (non-hydrogen) atoms. The molecule has 0 saturated heterocycles. The fourth-order valence-corrected chi connectivity index (χ4v) is 4.25. The van der Waals surface area contributed by atoms with E-state index in [0.717, 1.165) is 32.2 Å². The lowest BCUT2D eigenvalue weighted by Crippen LogP contribution is -2.39. The molecule has 3 N–H and O–H groups in total. The van der Waals surface area contributed by atoms with Gasteiger partial charge in [-0.05, 0) is 48.8 Å². The van der Waals surface area contributed by atoms with Crippen LogP contribution in [-0.2, 0) is 11.2 Å². The van der Waals surface area contributed by atoms with E-state index in [9.17, 15) is 4.79 Å². The fraction of sp³-hybridized carbons (Fsp3) is 0.632. The van der Waals surface area contributed by atoms with Gasteiger partial charge >= 0.3 is 0 Å². The lowest BCUT2D eigenvalue weighted by atomic mass is 9.71. The summed E-state index contributed by atoms with van der Waals surface area (Å²) in [6.45, 7) is 1.42. The summed E-state index contributed by atoms with van der Waals surface area (Å²) in [6.07, 6.45) is 8.87. The van der Waals surface area contributed by atoms with Gasteiger partial charge in [-0.2, -0.15) is 0 Å². The number of rotatable bonds is 5. The van der Waals surface area contributed by atoms with Crippen molar-refractivity contribution >= 4 is 5.91 Å². The van der Waals surface area contributed by atoms with Crippen LogP contribution in [0.3, 0.4) is 0 Å². The zero-order valence-electron chi connectivity index (χ0n) is 13.4. The number of carbonyl (C=O) groups excluding carboxylic acids is 1. The molecule has 3 rings (SSSR count). The van der Waals surface area contributed by atoms with Crippen LogP contribution in [0.15, 0.2) is 24.3 Å². The van der Waals surface area contributed by atoms with Gasteiger partial charge in [-0.15, -0.1) is 0 Å². The molecular formula is C19H28N2O. The van der Waals surface area contributed by atoms with E-state index in [1.807, 2.05) is 0 Å². The molecule has 1 fully saturated rings. The van der Waals surface area contributed by atoms with Crippen LogP contribution in [0.4, 0.5) is 0 Å². The van der Waals surface area contributed by atoms with Gasteiger partial charge in [-0.25, -0.2) is 0 Å². The first kappa shape index (κ1) is 15.5. The number of nitrogens with two attached hydrogens (primary N) is 1. The highest BCUT2D eigenvalue weighted by Crippen LogP contribution is 2.38. The highest BCUT2D eigenvalue weighted by Gasteiger charge is 2.33. The van der Waals surface area contributed by atoms with Crippen LogP contribution in [0, 0.1) is 5.41 Å². The second-order valence-electron chi connectivity index (χ2n) is 7.18. The molecule has 2 aliphatic carbocycles. The van der Waals surface area contributed by atoms with Crippen molar-refractivity contribution in [2.75, 3.05) is 13.1 Å². The lowest BCUT2D eigenvalue weighted by Gasteiger charge is -2.35. The van der Waals surface area contributed by atoms with E-state index < -0.39 is 0 Å². The number of aryl methyl sites for hydroxylation is 1. The van der Waals surface area contributed by atoms with Gasteiger partial charge in [0.1, 0.15) is 0 Å². The molecule has 1 atom stereocenters. The van der Waals surface area contributed by atoms with E-state index in [4.69, 9.17) is 5.73 Å². The number of fused-ring (bicyclic) bond motifs is 1. The third kappa shape index (κ3) is 3.35. The third-order valence-corrected chi connectivity index (χ3v) is 5.69. The van der Waals surface area contributed by atoms with Crippen molar-refractivity contribution < 1.29 is 4.79 Å². The number of hydrogen-bond acceptors (Lipinski definition) is 2. The monoisotopic (exact) mass is 300 g/mol. The second-order valence-corrected chi connectivity index (χ2v) is 7.18. The molecule has 0 radical (unpaired) electrons. The lowest BCUT2D eigenvalue weighted by molar-refractivity contribution is -0.123. The first-order valence-electron chi connectivity index (χ1n) is 8.77. The molecule has 2 aliphatic rings. The van der Waals surface area contributed by atoms with Crippen molar-refractivity contribution in [2.24, 2.45) is 11.1 Å². The van der Waals surface area contributed by atoms with Gasteiger partial charge in [0, 0.05) is 18.9 Å². The molecule has 0 heterocycles. The minimum atomic E-state index is 0.0654. The predicted octanol–water partition coefficient (Wildman–Crippen LogP) is 3.13. The summed E-state index contributed by atoms with van der Waals surface area (Å²) in [4.78, 5) is 12.4. The Morgan fingerprint density at radius 2 is 2.00 bits per heavy atom. The van der Waals surface area contributed by atoms with Gasteiger partial charge in [0.2, 0.25) is 5.91 Å². The molecule has 1 saturated carbocycles. The summed E-state index contributed by atoms with van der Waals surface area (Å²) >= 11 is 0. The van der Waals surface area contributed by atoms with E-state index >= 15 is 0 Å². The van der Waals surface area contributed by atoms with Crippen LogP contribution < -0.4 is 11.1 Å². The standard InChI is InChI=1S/C19H28N2O/c20-14-19(10-4-1-5-11-19)12-18(22)21-13-16-9-8-15-6-2-3-7-17(15)16/h2-3,6-7,16H,1,4-5,8-14,20H2,(H,21,22). The van der Waals surface area contributed by atoms with Crippen molar-refractivity contribution in [1.82, 2.24) is 5.32 Å². The highest BCUT2D eigenvalue weighted by atomic mass is 16.1. The van der Waals surface area contributed by atoms with Gasteiger partial charge < -0.3 is 11.1 Å². The number of carbonyl (C=O) groups is 1. The van der Waals surface area contributed by atoms with Crippen LogP contribution in [0.1, 0.15) is 62.0 Å². The van der Waals surface area contributed by atoms with Crippen molar-refractivity contribution in [3.05, 3.63) is 35.4 Å². The largest absolute Gasteiger partial charge is 0.355 e. The molecule has 1 aromatic carbocycles. The van der Waals surface area contributed by atoms with E-state index in [2.05, 4.69) is 29.6 Å². The first-order valence-corrected chi connectivity index (χ1v) is 8.77. The molecule has 1 aromatic rings. The molecule has 0 bridgehead atoms. The molecule has 3 heteroatoms. The van der Waals surface area contributed by atoms with Gasteiger partial charge in [0.15, 0.2) is 0 Å². The molecular weight excluding hydrogens is 272 g/mol. The minimum Gasteiger partial charge on any atom is -0.355 e. The van der Waals surface area contributed by atoms with E-state index in [-0.39, 0.29) is 11.3 Å². The Hall–Kier alpha value is -1.35. The number of benzene rings is 1. The predicted molar refractivity (Wildman–Crippen MR) is 89.7 cm³/mol. The highest BCUT2D eigenvalue weighted by molar-refractivity contribution is 5.76. The SMILES string of the molecule is NCC1(CC(=O)NCC2CCc3ccccc32)CCCCC1. The normalized spacial score (nSPS) is 23.0. The third-order valence-electron chi connectivity index (χ3n) is 5.69. The first-order chi connectivity index (χ1) is 10.7. The quantitative estimate of drug-likeness (QED) is 0.878. The molecule has 1 unspecified atom stereocenters. The van der Waals surface area contributed by atoms with E-state index in [1.165, 1.54) is 30.4 Å². The maximum Gasteiger partial charge on any atom is 0.220 e. The Balaban J connectivity index is 1.53. The molecule has 0 aromatic heterocycles. The van der Waals surface area contributed by atoms with Gasteiger partial charge in [0.05, 0.1) is 0 Å². The molecule has 0 spiro atoms.